The van der Waals surface area contributed by atoms with Crippen molar-refractivity contribution in [3.8, 4) is 6.07 Å². The molecular weight excluding hydrogens is 204 g/mol. The Morgan fingerprint density at radius 3 is 2.94 bits per heavy atom. The number of carbonyl (C=O) groups excluding carboxylic acids is 1. The number of nitriles is 1. The van der Waals surface area contributed by atoms with Crippen molar-refractivity contribution in [1.29, 1.82) is 5.26 Å². The van der Waals surface area contributed by atoms with Crippen LogP contribution in [0.3, 0.4) is 0 Å². The zero-order valence-electron chi connectivity index (χ0n) is 9.19. The number of esters is 1. The van der Waals surface area contributed by atoms with Crippen molar-refractivity contribution >= 4 is 11.7 Å². The molecule has 4 heteroatoms. The van der Waals surface area contributed by atoms with Crippen LogP contribution in [0.25, 0.3) is 0 Å². The van der Waals surface area contributed by atoms with Gasteiger partial charge >= 0.3 is 5.97 Å². The highest BCUT2D eigenvalue weighted by molar-refractivity contribution is 5.95. The van der Waals surface area contributed by atoms with Crippen molar-refractivity contribution in [1.82, 2.24) is 0 Å². The number of aryl methyl sites for hydroxylation is 1. The average molecular weight is 218 g/mol. The number of unbranched alkanes of at least 4 members (excludes halogenated alkanes) is 1. The van der Waals surface area contributed by atoms with Gasteiger partial charge in [0.05, 0.1) is 18.7 Å². The molecule has 84 valence electrons. The maximum Gasteiger partial charge on any atom is 0.339 e. The standard InChI is InChI=1S/C12H14N2O2/c1-16-12(15)10-8-9(4-2-3-7-13)5-6-11(10)14/h5-6,8H,2-4,14H2,1H3. The second-order valence-electron chi connectivity index (χ2n) is 3.42. The minimum absolute atomic E-state index is 0.386. The van der Waals surface area contributed by atoms with Crippen LogP contribution >= 0.6 is 0 Å². The van der Waals surface area contributed by atoms with Gasteiger partial charge in [0.15, 0.2) is 0 Å². The number of carbonyl (C=O) groups is 1. The highest BCUT2D eigenvalue weighted by Crippen LogP contribution is 2.16. The molecule has 0 spiro atoms. The number of benzene rings is 1. The first-order valence-corrected chi connectivity index (χ1v) is 5.02. The summed E-state index contributed by atoms with van der Waals surface area (Å²) in [5, 5.41) is 8.43. The van der Waals surface area contributed by atoms with Gasteiger partial charge in [-0.15, -0.1) is 0 Å². The first kappa shape index (κ1) is 12.1. The predicted molar refractivity (Wildman–Crippen MR) is 60.7 cm³/mol. The van der Waals surface area contributed by atoms with Crippen LogP contribution in [-0.4, -0.2) is 13.1 Å². The lowest BCUT2D eigenvalue weighted by molar-refractivity contribution is 0.0602. The van der Waals surface area contributed by atoms with Gasteiger partial charge in [-0.05, 0) is 30.5 Å². The average Bonchev–Trinajstić information content (AvgIpc) is 2.30. The van der Waals surface area contributed by atoms with Gasteiger partial charge in [0, 0.05) is 12.1 Å². The third kappa shape index (κ3) is 2.99. The third-order valence-corrected chi connectivity index (χ3v) is 2.28. The van der Waals surface area contributed by atoms with Crippen molar-refractivity contribution in [3.05, 3.63) is 29.3 Å². The first-order valence-electron chi connectivity index (χ1n) is 5.02. The molecule has 0 unspecified atom stereocenters. The minimum Gasteiger partial charge on any atom is -0.465 e. The summed E-state index contributed by atoms with van der Waals surface area (Å²) in [5.41, 5.74) is 7.46. The van der Waals surface area contributed by atoms with Crippen LogP contribution in [0.2, 0.25) is 0 Å². The molecule has 1 aromatic rings. The first-order chi connectivity index (χ1) is 7.69. The van der Waals surface area contributed by atoms with E-state index in [4.69, 9.17) is 11.0 Å². The van der Waals surface area contributed by atoms with Crippen LogP contribution in [0, 0.1) is 11.3 Å². The van der Waals surface area contributed by atoms with Crippen molar-refractivity contribution < 1.29 is 9.53 Å². The molecule has 0 saturated carbocycles. The molecule has 0 aliphatic heterocycles. The van der Waals surface area contributed by atoms with E-state index in [2.05, 4.69) is 10.8 Å². The zero-order chi connectivity index (χ0) is 12.0. The SMILES string of the molecule is COC(=O)c1cc(CCCC#N)ccc1N. The van der Waals surface area contributed by atoms with E-state index >= 15 is 0 Å². The Morgan fingerprint density at radius 2 is 2.31 bits per heavy atom. The molecule has 16 heavy (non-hydrogen) atoms. The summed E-state index contributed by atoms with van der Waals surface area (Å²) < 4.78 is 4.63. The largest absolute Gasteiger partial charge is 0.465 e. The molecule has 4 nitrogen and oxygen atoms in total. The molecule has 0 bridgehead atoms. The Bertz CT molecular complexity index is 422. The second-order valence-corrected chi connectivity index (χ2v) is 3.42. The third-order valence-electron chi connectivity index (χ3n) is 2.28. The van der Waals surface area contributed by atoms with E-state index < -0.39 is 5.97 Å². The van der Waals surface area contributed by atoms with Gasteiger partial charge in [-0.3, -0.25) is 0 Å². The van der Waals surface area contributed by atoms with E-state index in [1.165, 1.54) is 7.11 Å². The number of anilines is 1. The van der Waals surface area contributed by atoms with Gasteiger partial charge in [0.25, 0.3) is 0 Å². The maximum absolute atomic E-state index is 11.4. The Hall–Kier alpha value is -2.02. The van der Waals surface area contributed by atoms with Crippen LogP contribution < -0.4 is 5.73 Å². The summed E-state index contributed by atoms with van der Waals surface area (Å²) in [6.45, 7) is 0. The molecular formula is C12H14N2O2. The van der Waals surface area contributed by atoms with E-state index in [9.17, 15) is 4.79 Å². The number of rotatable bonds is 4. The molecule has 0 radical (unpaired) electrons. The molecule has 0 aliphatic carbocycles. The van der Waals surface area contributed by atoms with Gasteiger partial charge in [0.1, 0.15) is 0 Å². The Kier molecular flexibility index (Phi) is 4.34. The van der Waals surface area contributed by atoms with E-state index in [-0.39, 0.29) is 0 Å². The molecule has 1 aromatic carbocycles. The van der Waals surface area contributed by atoms with Crippen molar-refractivity contribution in [2.24, 2.45) is 0 Å². The van der Waals surface area contributed by atoms with E-state index in [0.717, 1.165) is 18.4 Å². The highest BCUT2D eigenvalue weighted by Gasteiger charge is 2.10. The fourth-order valence-electron chi connectivity index (χ4n) is 1.42. The van der Waals surface area contributed by atoms with Gasteiger partial charge in [-0.25, -0.2) is 4.79 Å². The van der Waals surface area contributed by atoms with E-state index in [1.54, 1.807) is 12.1 Å². The summed E-state index contributed by atoms with van der Waals surface area (Å²) in [6, 6.07) is 7.35. The van der Waals surface area contributed by atoms with Crippen molar-refractivity contribution in [2.75, 3.05) is 12.8 Å². The van der Waals surface area contributed by atoms with Gasteiger partial charge < -0.3 is 10.5 Å². The molecule has 0 atom stereocenters. The topological polar surface area (TPSA) is 76.1 Å². The number of hydrogen-bond donors (Lipinski definition) is 1. The lowest BCUT2D eigenvalue weighted by atomic mass is 10.0. The molecule has 0 aliphatic rings. The van der Waals surface area contributed by atoms with Gasteiger partial charge in [-0.2, -0.15) is 5.26 Å². The smallest absolute Gasteiger partial charge is 0.339 e. The zero-order valence-corrected chi connectivity index (χ0v) is 9.19. The monoisotopic (exact) mass is 218 g/mol. The Balaban J connectivity index is 2.82. The van der Waals surface area contributed by atoms with Gasteiger partial charge in [-0.1, -0.05) is 6.07 Å². The summed E-state index contributed by atoms with van der Waals surface area (Å²) in [5.74, 6) is -0.431. The molecule has 0 aromatic heterocycles. The Morgan fingerprint density at radius 1 is 1.56 bits per heavy atom. The Labute approximate surface area is 94.6 Å². The number of nitrogens with zero attached hydrogens (tertiary/aromatic N) is 1. The highest BCUT2D eigenvalue weighted by atomic mass is 16.5. The number of nitrogens with two attached hydrogens (primary N) is 1. The van der Waals surface area contributed by atoms with Crippen LogP contribution in [0.15, 0.2) is 18.2 Å². The molecule has 1 rings (SSSR count). The summed E-state index contributed by atoms with van der Waals surface area (Å²) in [7, 11) is 1.32. The predicted octanol–water partition coefficient (Wildman–Crippen LogP) is 1.90. The minimum atomic E-state index is -0.431. The normalized spacial score (nSPS) is 9.50. The molecule has 2 N–H and O–H groups in total. The number of nitrogen functional groups attached to an aromatic ring is 1. The maximum atomic E-state index is 11.4. The quantitative estimate of drug-likeness (QED) is 0.475. The molecule has 0 saturated heterocycles. The fraction of sp³-hybridized carbons (Fsp3) is 0.333. The number of methoxy groups -OCH3 is 1. The second kappa shape index (κ2) is 5.76. The number of hydrogen-bond acceptors (Lipinski definition) is 4. The van der Waals surface area contributed by atoms with Gasteiger partial charge in [0.2, 0.25) is 0 Å². The lowest BCUT2D eigenvalue weighted by Gasteiger charge is -2.06. The molecule has 0 amide bonds. The van der Waals surface area contributed by atoms with Crippen LogP contribution in [0.4, 0.5) is 5.69 Å². The van der Waals surface area contributed by atoms with Crippen molar-refractivity contribution in [2.45, 2.75) is 19.3 Å². The molecule has 0 heterocycles. The van der Waals surface area contributed by atoms with Crippen LogP contribution in [0.1, 0.15) is 28.8 Å². The lowest BCUT2D eigenvalue weighted by Crippen LogP contribution is -2.06. The van der Waals surface area contributed by atoms with E-state index in [1.807, 2.05) is 6.07 Å². The van der Waals surface area contributed by atoms with Crippen molar-refractivity contribution in [3.63, 3.8) is 0 Å². The van der Waals surface area contributed by atoms with Crippen LogP contribution in [0.5, 0.6) is 0 Å². The number of ether oxygens (including phenoxy) is 1. The summed E-state index contributed by atoms with van der Waals surface area (Å²) >= 11 is 0. The summed E-state index contributed by atoms with van der Waals surface area (Å²) in [6.07, 6.45) is 2.05. The van der Waals surface area contributed by atoms with Crippen LogP contribution in [-0.2, 0) is 11.2 Å². The fourth-order valence-corrected chi connectivity index (χ4v) is 1.42. The summed E-state index contributed by atoms with van der Waals surface area (Å²) in [4.78, 5) is 11.4. The molecule has 0 fully saturated rings. The van der Waals surface area contributed by atoms with E-state index in [0.29, 0.717) is 17.7 Å².